The third-order valence-corrected chi connectivity index (χ3v) is 6.66. The van der Waals surface area contributed by atoms with Crippen LogP contribution < -0.4 is 15.4 Å². The topological polar surface area (TPSA) is 131 Å². The smallest absolute Gasteiger partial charge is 0.321 e. The van der Waals surface area contributed by atoms with E-state index < -0.39 is 40.1 Å². The predicted octanol–water partition coefficient (Wildman–Crippen LogP) is 2.06. The molecule has 0 saturated heterocycles. The molecular formula is C21H33N3O6S. The van der Waals surface area contributed by atoms with Crippen molar-refractivity contribution in [2.24, 2.45) is 0 Å². The molecule has 0 aliphatic heterocycles. The molecule has 0 radical (unpaired) electrons. The normalized spacial score (nSPS) is 11.7. The number of hydrogen-bond acceptors (Lipinski definition) is 6. The Morgan fingerprint density at radius 3 is 1.84 bits per heavy atom. The van der Waals surface area contributed by atoms with Gasteiger partial charge in [0.25, 0.3) is 5.91 Å². The second kappa shape index (κ2) is 10.2. The van der Waals surface area contributed by atoms with Gasteiger partial charge in [0.05, 0.1) is 11.3 Å². The highest BCUT2D eigenvalue weighted by atomic mass is 32.2. The summed E-state index contributed by atoms with van der Waals surface area (Å²) in [6, 6.07) is -0.698. The van der Waals surface area contributed by atoms with Gasteiger partial charge in [0, 0.05) is 12.1 Å². The highest BCUT2D eigenvalue weighted by Crippen LogP contribution is 2.29. The molecule has 9 nitrogen and oxygen atoms in total. The van der Waals surface area contributed by atoms with Crippen molar-refractivity contribution < 1.29 is 27.5 Å². The Kier molecular flexibility index (Phi) is 8.77. The van der Waals surface area contributed by atoms with Crippen LogP contribution in [0.1, 0.15) is 55.0 Å². The Balaban J connectivity index is 2.61. The van der Waals surface area contributed by atoms with Gasteiger partial charge in [-0.25, -0.2) is 17.9 Å². The van der Waals surface area contributed by atoms with Gasteiger partial charge in [0.2, 0.25) is 10.0 Å². The highest BCUT2D eigenvalue weighted by molar-refractivity contribution is 7.89. The van der Waals surface area contributed by atoms with Crippen LogP contribution in [0.15, 0.2) is 4.90 Å². The molecule has 0 fully saturated rings. The van der Waals surface area contributed by atoms with E-state index in [9.17, 15) is 22.8 Å². The Hall–Kier alpha value is -2.46. The summed E-state index contributed by atoms with van der Waals surface area (Å²) < 4.78 is 32.8. The summed E-state index contributed by atoms with van der Waals surface area (Å²) in [6.07, 6.45) is -0.261. The first kappa shape index (κ1) is 26.6. The number of imide groups is 1. The number of carbonyl (C=O) groups excluding carboxylic acids is 3. The third-order valence-electron chi connectivity index (χ3n) is 4.93. The van der Waals surface area contributed by atoms with Crippen molar-refractivity contribution in [1.82, 2.24) is 15.4 Å². The van der Waals surface area contributed by atoms with Crippen LogP contribution in [0.5, 0.6) is 0 Å². The molecule has 0 saturated carbocycles. The van der Waals surface area contributed by atoms with E-state index in [4.69, 9.17) is 4.74 Å². The molecule has 3 N–H and O–H groups in total. The largest absolute Gasteiger partial charge is 0.456 e. The lowest BCUT2D eigenvalue weighted by Crippen LogP contribution is -2.49. The highest BCUT2D eigenvalue weighted by Gasteiger charge is 2.24. The summed E-state index contributed by atoms with van der Waals surface area (Å²) in [5, 5.41) is 4.58. The van der Waals surface area contributed by atoms with Gasteiger partial charge >= 0.3 is 12.0 Å². The van der Waals surface area contributed by atoms with Gasteiger partial charge in [-0.3, -0.25) is 14.9 Å². The summed E-state index contributed by atoms with van der Waals surface area (Å²) in [4.78, 5) is 35.3. The zero-order chi connectivity index (χ0) is 24.1. The first-order valence-electron chi connectivity index (χ1n) is 9.91. The summed E-state index contributed by atoms with van der Waals surface area (Å²) in [7, 11) is -3.83. The number of urea groups is 1. The molecule has 10 heteroatoms. The summed E-state index contributed by atoms with van der Waals surface area (Å²) in [5.41, 5.74) is 3.67. The van der Waals surface area contributed by atoms with E-state index >= 15 is 0 Å². The zero-order valence-corrected chi connectivity index (χ0v) is 20.3. The first-order valence-corrected chi connectivity index (χ1v) is 11.4. The maximum absolute atomic E-state index is 12.8. The second-order valence-electron chi connectivity index (χ2n) is 8.51. The third kappa shape index (κ3) is 7.62. The molecule has 0 unspecified atom stereocenters. The van der Waals surface area contributed by atoms with Crippen LogP contribution in [0.25, 0.3) is 0 Å². The van der Waals surface area contributed by atoms with E-state index in [1.54, 1.807) is 34.6 Å². The van der Waals surface area contributed by atoms with E-state index in [2.05, 4.69) is 10.0 Å². The van der Waals surface area contributed by atoms with Crippen LogP contribution in [0, 0.1) is 34.6 Å². The lowest BCUT2D eigenvalue weighted by molar-refractivity contribution is -0.148. The van der Waals surface area contributed by atoms with Crippen LogP contribution in [-0.2, 0) is 24.3 Å². The number of rotatable bonds is 7. The van der Waals surface area contributed by atoms with Gasteiger partial charge in [-0.05, 0) is 83.2 Å². The SMILES string of the molecule is Cc1c(C)c(C)c(S(=O)(=O)NCCC(=O)OCC(=O)NC(=O)NC(C)(C)C)c(C)c1C. The molecule has 0 heterocycles. The zero-order valence-electron chi connectivity index (χ0n) is 19.5. The fourth-order valence-electron chi connectivity index (χ4n) is 2.98. The van der Waals surface area contributed by atoms with Crippen LogP contribution >= 0.6 is 0 Å². The van der Waals surface area contributed by atoms with Crippen molar-refractivity contribution >= 4 is 27.9 Å². The summed E-state index contributed by atoms with van der Waals surface area (Å²) >= 11 is 0. The van der Waals surface area contributed by atoms with E-state index in [-0.39, 0.29) is 17.9 Å². The molecule has 1 rings (SSSR count). The van der Waals surface area contributed by atoms with Crippen LogP contribution in [0.4, 0.5) is 4.79 Å². The Morgan fingerprint density at radius 2 is 1.35 bits per heavy atom. The van der Waals surface area contributed by atoms with Crippen molar-refractivity contribution in [2.75, 3.05) is 13.2 Å². The molecule has 0 spiro atoms. The lowest BCUT2D eigenvalue weighted by Gasteiger charge is -2.20. The van der Waals surface area contributed by atoms with Crippen molar-refractivity contribution in [2.45, 2.75) is 72.2 Å². The first-order chi connectivity index (χ1) is 14.1. The van der Waals surface area contributed by atoms with Crippen molar-refractivity contribution in [1.29, 1.82) is 0 Å². The minimum Gasteiger partial charge on any atom is -0.456 e. The molecule has 3 amide bonds. The number of carbonyl (C=O) groups is 3. The number of amides is 3. The monoisotopic (exact) mass is 455 g/mol. The summed E-state index contributed by atoms with van der Waals surface area (Å²) in [5.74, 6) is -1.55. The summed E-state index contributed by atoms with van der Waals surface area (Å²) in [6.45, 7) is 13.6. The number of benzene rings is 1. The quantitative estimate of drug-likeness (QED) is 0.540. The number of nitrogens with one attached hydrogen (secondary N) is 3. The molecule has 0 aliphatic carbocycles. The minimum atomic E-state index is -3.83. The van der Waals surface area contributed by atoms with Gasteiger partial charge in [-0.2, -0.15) is 0 Å². The Morgan fingerprint density at radius 1 is 0.871 bits per heavy atom. The van der Waals surface area contributed by atoms with E-state index in [1.165, 1.54) is 0 Å². The van der Waals surface area contributed by atoms with Crippen LogP contribution in [-0.4, -0.2) is 45.0 Å². The average molecular weight is 456 g/mol. The van der Waals surface area contributed by atoms with Crippen LogP contribution in [0.3, 0.4) is 0 Å². The molecule has 0 aromatic heterocycles. The van der Waals surface area contributed by atoms with Gasteiger partial charge in [0.1, 0.15) is 0 Å². The molecule has 31 heavy (non-hydrogen) atoms. The Labute approximate surface area is 184 Å². The van der Waals surface area contributed by atoms with Crippen molar-refractivity contribution in [3.63, 3.8) is 0 Å². The maximum atomic E-state index is 12.8. The van der Waals surface area contributed by atoms with Crippen LogP contribution in [0.2, 0.25) is 0 Å². The minimum absolute atomic E-state index is 0.182. The van der Waals surface area contributed by atoms with E-state index in [1.807, 2.05) is 26.1 Å². The van der Waals surface area contributed by atoms with E-state index in [0.717, 1.165) is 16.7 Å². The number of ether oxygens (including phenoxy) is 1. The van der Waals surface area contributed by atoms with Crippen molar-refractivity contribution in [3.05, 3.63) is 27.8 Å². The molecule has 1 aromatic carbocycles. The van der Waals surface area contributed by atoms with E-state index in [0.29, 0.717) is 11.1 Å². The average Bonchev–Trinajstić information content (AvgIpc) is 2.61. The molecule has 174 valence electrons. The lowest BCUT2D eigenvalue weighted by atomic mass is 9.95. The molecule has 0 atom stereocenters. The number of hydrogen-bond donors (Lipinski definition) is 3. The second-order valence-corrected chi connectivity index (χ2v) is 10.2. The molecular weight excluding hydrogens is 422 g/mol. The molecule has 1 aromatic rings. The maximum Gasteiger partial charge on any atom is 0.321 e. The van der Waals surface area contributed by atoms with Crippen molar-refractivity contribution in [3.8, 4) is 0 Å². The number of sulfonamides is 1. The fraction of sp³-hybridized carbons (Fsp3) is 0.571. The Bertz CT molecular complexity index is 949. The van der Waals surface area contributed by atoms with Gasteiger partial charge in [-0.1, -0.05) is 0 Å². The van der Waals surface area contributed by atoms with Gasteiger partial charge < -0.3 is 10.1 Å². The standard InChI is InChI=1S/C21H33N3O6S/c1-12-13(2)15(4)19(16(5)14(12)3)31(28,29)22-10-9-18(26)30-11-17(25)23-20(27)24-21(6,7)8/h22H,9-11H2,1-8H3,(H2,23,24,25,27). The predicted molar refractivity (Wildman–Crippen MR) is 117 cm³/mol. The van der Waals surface area contributed by atoms with Gasteiger partial charge in [0.15, 0.2) is 6.61 Å². The molecule has 0 aliphatic rings. The van der Waals surface area contributed by atoms with Gasteiger partial charge in [-0.15, -0.1) is 0 Å². The fourth-order valence-corrected chi connectivity index (χ4v) is 4.61. The molecule has 0 bridgehead atoms. The number of esters is 1.